The minimum atomic E-state index is -1.13. The molecule has 3 aliphatic heterocycles. The van der Waals surface area contributed by atoms with Crippen molar-refractivity contribution in [1.29, 1.82) is 0 Å². The van der Waals surface area contributed by atoms with Crippen LogP contribution in [0.4, 0.5) is 0 Å². The fourth-order valence-electron chi connectivity index (χ4n) is 6.38. The number of hydrogen-bond acceptors (Lipinski definition) is 6. The number of rotatable bonds is 9. The van der Waals surface area contributed by atoms with Crippen LogP contribution in [-0.4, -0.2) is 81.8 Å². The highest BCUT2D eigenvalue weighted by atomic mass is 16.6. The van der Waals surface area contributed by atoms with E-state index in [-0.39, 0.29) is 25.0 Å². The van der Waals surface area contributed by atoms with E-state index in [2.05, 4.69) is 6.58 Å². The number of fused-ring (bicyclic) bond motifs is 1. The second kappa shape index (κ2) is 9.98. The van der Waals surface area contributed by atoms with Gasteiger partial charge in [0.1, 0.15) is 11.6 Å². The minimum Gasteiger partial charge on any atom is -0.466 e. The number of benzene rings is 1. The maximum Gasteiger partial charge on any atom is 0.312 e. The van der Waals surface area contributed by atoms with E-state index in [1.807, 2.05) is 51.1 Å². The van der Waals surface area contributed by atoms with E-state index in [0.717, 1.165) is 5.56 Å². The van der Waals surface area contributed by atoms with Crippen molar-refractivity contribution in [2.24, 2.45) is 11.8 Å². The van der Waals surface area contributed by atoms with E-state index in [1.165, 1.54) is 4.90 Å². The largest absolute Gasteiger partial charge is 0.466 e. The van der Waals surface area contributed by atoms with Crippen LogP contribution in [0.3, 0.4) is 0 Å². The molecule has 1 N–H and O–H groups in total. The van der Waals surface area contributed by atoms with Crippen molar-refractivity contribution in [3.63, 3.8) is 0 Å². The molecule has 2 unspecified atom stereocenters. The van der Waals surface area contributed by atoms with Crippen molar-refractivity contribution in [3.05, 3.63) is 48.6 Å². The van der Waals surface area contributed by atoms with Crippen molar-refractivity contribution in [2.75, 3.05) is 19.8 Å². The molecule has 1 aromatic carbocycles. The van der Waals surface area contributed by atoms with Crippen molar-refractivity contribution in [2.45, 2.75) is 76.3 Å². The normalized spacial score (nSPS) is 29.7. The number of carbonyl (C=O) groups excluding carboxylic acids is 3. The summed E-state index contributed by atoms with van der Waals surface area (Å²) in [6, 6.07) is 7.96. The molecule has 0 aromatic heterocycles. The van der Waals surface area contributed by atoms with Gasteiger partial charge in [-0.1, -0.05) is 36.4 Å². The summed E-state index contributed by atoms with van der Waals surface area (Å²) >= 11 is 0. The van der Waals surface area contributed by atoms with Gasteiger partial charge in [-0.3, -0.25) is 14.4 Å². The third-order valence-corrected chi connectivity index (χ3v) is 7.84. The maximum absolute atomic E-state index is 14.3. The molecule has 196 valence electrons. The highest BCUT2D eigenvalue weighted by Crippen LogP contribution is 2.59. The quantitative estimate of drug-likeness (QED) is 0.415. The SMILES string of the molecule is C=CCN(C(=O)C1N([C@@H](CO)Cc2ccccc2)C(=O)[C@@H]2[C@H](C(=O)OCC)[C@@H]3CCC12O3)C(C)(C)C. The molecular weight excluding hydrogens is 460 g/mol. The summed E-state index contributed by atoms with van der Waals surface area (Å²) in [7, 11) is 0. The lowest BCUT2D eigenvalue weighted by molar-refractivity contribution is -0.157. The lowest BCUT2D eigenvalue weighted by Gasteiger charge is -2.43. The summed E-state index contributed by atoms with van der Waals surface area (Å²) in [6.45, 7) is 11.5. The summed E-state index contributed by atoms with van der Waals surface area (Å²) in [5, 5.41) is 10.5. The Balaban J connectivity index is 1.81. The molecule has 8 heteroatoms. The van der Waals surface area contributed by atoms with E-state index < -0.39 is 47.1 Å². The van der Waals surface area contributed by atoms with Crippen LogP contribution in [0, 0.1) is 11.8 Å². The number of likely N-dealkylation sites (tertiary alicyclic amines) is 1. The van der Waals surface area contributed by atoms with Crippen molar-refractivity contribution in [1.82, 2.24) is 9.80 Å². The Kier molecular flexibility index (Phi) is 7.30. The number of nitrogens with zero attached hydrogens (tertiary/aromatic N) is 2. The third kappa shape index (κ3) is 4.24. The van der Waals surface area contributed by atoms with Crippen LogP contribution in [0.5, 0.6) is 0 Å². The molecule has 1 aromatic rings. The van der Waals surface area contributed by atoms with Gasteiger partial charge in [0.2, 0.25) is 11.8 Å². The molecule has 3 aliphatic rings. The Morgan fingerprint density at radius 3 is 2.61 bits per heavy atom. The summed E-state index contributed by atoms with van der Waals surface area (Å²) in [5.41, 5.74) is -0.735. The predicted molar refractivity (Wildman–Crippen MR) is 134 cm³/mol. The van der Waals surface area contributed by atoms with Gasteiger partial charge in [0, 0.05) is 12.1 Å². The summed E-state index contributed by atoms with van der Waals surface area (Å²) in [6.07, 6.45) is 2.65. The van der Waals surface area contributed by atoms with E-state index >= 15 is 0 Å². The third-order valence-electron chi connectivity index (χ3n) is 7.84. The van der Waals surface area contributed by atoms with Crippen LogP contribution < -0.4 is 0 Å². The molecule has 36 heavy (non-hydrogen) atoms. The zero-order chi connectivity index (χ0) is 26.3. The molecule has 2 bridgehead atoms. The van der Waals surface area contributed by atoms with E-state index in [1.54, 1.807) is 17.9 Å². The predicted octanol–water partition coefficient (Wildman–Crippen LogP) is 2.34. The molecule has 0 radical (unpaired) electrons. The van der Waals surface area contributed by atoms with Gasteiger partial charge >= 0.3 is 5.97 Å². The van der Waals surface area contributed by atoms with E-state index in [4.69, 9.17) is 9.47 Å². The molecule has 1 spiro atoms. The Labute approximate surface area is 213 Å². The maximum atomic E-state index is 14.3. The first kappa shape index (κ1) is 26.4. The number of esters is 1. The molecule has 8 nitrogen and oxygen atoms in total. The van der Waals surface area contributed by atoms with Gasteiger partial charge in [-0.05, 0) is 52.5 Å². The molecule has 3 heterocycles. The lowest BCUT2D eigenvalue weighted by Crippen LogP contribution is -2.61. The molecular formula is C28H38N2O6. The van der Waals surface area contributed by atoms with Gasteiger partial charge in [0.05, 0.1) is 37.2 Å². The van der Waals surface area contributed by atoms with Gasteiger partial charge in [0.25, 0.3) is 0 Å². The first-order valence-corrected chi connectivity index (χ1v) is 12.8. The molecule has 2 amide bonds. The van der Waals surface area contributed by atoms with Crippen LogP contribution in [0.2, 0.25) is 0 Å². The average molecular weight is 499 g/mol. The molecule has 0 saturated carbocycles. The topological polar surface area (TPSA) is 96.4 Å². The molecule has 3 fully saturated rings. The van der Waals surface area contributed by atoms with Crippen molar-refractivity contribution in [3.8, 4) is 0 Å². The molecule has 6 atom stereocenters. The van der Waals surface area contributed by atoms with Gasteiger partial charge in [0.15, 0.2) is 0 Å². The van der Waals surface area contributed by atoms with Crippen molar-refractivity contribution >= 4 is 17.8 Å². The Morgan fingerprint density at radius 2 is 2.03 bits per heavy atom. The van der Waals surface area contributed by atoms with Gasteiger partial charge in [-0.2, -0.15) is 0 Å². The highest BCUT2D eigenvalue weighted by Gasteiger charge is 2.75. The first-order valence-electron chi connectivity index (χ1n) is 12.8. The van der Waals surface area contributed by atoms with Crippen LogP contribution in [0.25, 0.3) is 0 Å². The molecule has 4 rings (SSSR count). The smallest absolute Gasteiger partial charge is 0.312 e. The highest BCUT2D eigenvalue weighted by molar-refractivity contribution is 5.98. The van der Waals surface area contributed by atoms with Crippen LogP contribution >= 0.6 is 0 Å². The zero-order valence-corrected chi connectivity index (χ0v) is 21.7. The Hall–Kier alpha value is -2.71. The van der Waals surface area contributed by atoms with Gasteiger partial charge < -0.3 is 24.4 Å². The monoisotopic (exact) mass is 498 g/mol. The number of aliphatic hydroxyl groups excluding tert-OH is 1. The van der Waals surface area contributed by atoms with Gasteiger partial charge in [-0.25, -0.2) is 0 Å². The number of hydrogen-bond donors (Lipinski definition) is 1. The second-order valence-electron chi connectivity index (χ2n) is 11.0. The van der Waals surface area contributed by atoms with Crippen molar-refractivity contribution < 1.29 is 29.0 Å². The van der Waals surface area contributed by atoms with Crippen LogP contribution in [0.15, 0.2) is 43.0 Å². The minimum absolute atomic E-state index is 0.201. The number of ether oxygens (including phenoxy) is 2. The first-order chi connectivity index (χ1) is 17.1. The summed E-state index contributed by atoms with van der Waals surface area (Å²) in [5.74, 6) is -2.62. The lowest BCUT2D eigenvalue weighted by atomic mass is 9.70. The zero-order valence-electron chi connectivity index (χ0n) is 21.7. The standard InChI is InChI=1S/C28H38N2O6/c1-6-15-29(27(3,4)5)25(33)23-28-14-13-20(36-28)21(26(34)35-7-2)22(28)24(32)30(23)19(17-31)16-18-11-9-8-10-12-18/h6,8-12,19-23,31H,1,7,13-17H2,2-5H3/t19-,20+,21-,22+,23?,28?/m1/s1. The van der Waals surface area contributed by atoms with E-state index in [9.17, 15) is 19.5 Å². The van der Waals surface area contributed by atoms with Crippen LogP contribution in [-0.2, 0) is 30.3 Å². The number of amides is 2. The van der Waals surface area contributed by atoms with Crippen LogP contribution in [0.1, 0.15) is 46.1 Å². The van der Waals surface area contributed by atoms with Gasteiger partial charge in [-0.15, -0.1) is 6.58 Å². The molecule has 0 aliphatic carbocycles. The number of aliphatic hydroxyl groups is 1. The average Bonchev–Trinajstić information content (AvgIpc) is 3.48. The molecule has 3 saturated heterocycles. The Morgan fingerprint density at radius 1 is 1.33 bits per heavy atom. The summed E-state index contributed by atoms with van der Waals surface area (Å²) < 4.78 is 11.8. The Bertz CT molecular complexity index is 1010. The fourth-order valence-corrected chi connectivity index (χ4v) is 6.38. The van der Waals surface area contributed by atoms with E-state index in [0.29, 0.717) is 25.8 Å². The second-order valence-corrected chi connectivity index (χ2v) is 11.0. The number of carbonyl (C=O) groups is 3. The fraction of sp³-hybridized carbons (Fsp3) is 0.607. The summed E-state index contributed by atoms with van der Waals surface area (Å²) in [4.78, 5) is 44.7.